The van der Waals surface area contributed by atoms with Gasteiger partial charge in [0.1, 0.15) is 5.78 Å². The molecule has 2 N–H and O–H groups in total. The van der Waals surface area contributed by atoms with Gasteiger partial charge in [-0.15, -0.1) is 0 Å². The molecule has 1 aromatic carbocycles. The largest absolute Gasteiger partial charge is 0.387 e. The summed E-state index contributed by atoms with van der Waals surface area (Å²) >= 11 is 0. The number of carbonyl (C=O) groups excluding carboxylic acids is 1. The predicted molar refractivity (Wildman–Crippen MR) is 116 cm³/mol. The van der Waals surface area contributed by atoms with Crippen molar-refractivity contribution in [1.82, 2.24) is 9.88 Å². The first-order valence-corrected chi connectivity index (χ1v) is 11.9. The van der Waals surface area contributed by atoms with Crippen molar-refractivity contribution in [3.8, 4) is 0 Å². The van der Waals surface area contributed by atoms with Crippen LogP contribution in [0.4, 0.5) is 0 Å². The van der Waals surface area contributed by atoms with Crippen molar-refractivity contribution >= 4 is 16.7 Å². The number of piperidine rings is 1. The van der Waals surface area contributed by atoms with Crippen LogP contribution in [0, 0.1) is 11.3 Å². The van der Waals surface area contributed by atoms with Gasteiger partial charge in [0.25, 0.3) is 0 Å². The Balaban J connectivity index is 1.42. The zero-order valence-corrected chi connectivity index (χ0v) is 17.5. The fourth-order valence-electron chi connectivity index (χ4n) is 7.52. The molecule has 2 fully saturated rings. The summed E-state index contributed by atoms with van der Waals surface area (Å²) in [7, 11) is 0. The summed E-state index contributed by atoms with van der Waals surface area (Å²) in [6.07, 6.45) is 8.39. The normalized spacial score (nSPS) is 35.9. The fraction of sp³-hybridized carbons (Fsp3) is 0.577. The number of aromatic nitrogens is 1. The standard InChI is InChI=1S/C26H30N2O2/c29-18-8-7-17-11-24-26(30)13-20-19-3-1-2-4-22(19)27-23(20)14-25(26,21(17)12-18)9-10-28(24)15-16-5-6-16/h1-4,16,24,27,30H,5-15H2/t24-,25-,26+/m0/s1. The van der Waals surface area contributed by atoms with Crippen molar-refractivity contribution < 1.29 is 9.90 Å². The van der Waals surface area contributed by atoms with Crippen LogP contribution in [0.5, 0.6) is 0 Å². The Hall–Kier alpha value is -1.91. The van der Waals surface area contributed by atoms with Crippen LogP contribution in [-0.2, 0) is 17.6 Å². The number of nitrogens with zero attached hydrogens (tertiary/aromatic N) is 1. The smallest absolute Gasteiger partial charge is 0.137 e. The van der Waals surface area contributed by atoms with Crippen LogP contribution in [0.1, 0.15) is 56.2 Å². The highest BCUT2D eigenvalue weighted by Crippen LogP contribution is 2.62. The quantitative estimate of drug-likeness (QED) is 0.749. The summed E-state index contributed by atoms with van der Waals surface area (Å²) in [4.78, 5) is 18.9. The topological polar surface area (TPSA) is 56.3 Å². The Morgan fingerprint density at radius 1 is 1.17 bits per heavy atom. The van der Waals surface area contributed by atoms with Crippen molar-refractivity contribution in [2.75, 3.05) is 13.1 Å². The number of hydrogen-bond acceptors (Lipinski definition) is 3. The van der Waals surface area contributed by atoms with Gasteiger partial charge in [0, 0.05) is 60.3 Å². The molecule has 30 heavy (non-hydrogen) atoms. The molecule has 5 aliphatic rings. The lowest BCUT2D eigenvalue weighted by Crippen LogP contribution is -2.72. The molecule has 0 spiro atoms. The third kappa shape index (κ3) is 2.22. The number of para-hydroxylation sites is 1. The summed E-state index contributed by atoms with van der Waals surface area (Å²) in [5.41, 5.74) is 5.58. The van der Waals surface area contributed by atoms with Crippen LogP contribution in [0.2, 0.25) is 0 Å². The average molecular weight is 403 g/mol. The van der Waals surface area contributed by atoms with Gasteiger partial charge in [0.05, 0.1) is 5.60 Å². The van der Waals surface area contributed by atoms with Gasteiger partial charge in [-0.2, -0.15) is 0 Å². The van der Waals surface area contributed by atoms with Crippen LogP contribution in [0.25, 0.3) is 10.9 Å². The third-order valence-corrected chi connectivity index (χ3v) is 9.19. The molecule has 0 unspecified atom stereocenters. The number of carbonyl (C=O) groups is 1. The van der Waals surface area contributed by atoms with Crippen LogP contribution in [0.3, 0.4) is 0 Å². The number of benzene rings is 1. The van der Waals surface area contributed by atoms with Crippen LogP contribution in [0.15, 0.2) is 35.4 Å². The minimum absolute atomic E-state index is 0.195. The Bertz CT molecular complexity index is 1110. The van der Waals surface area contributed by atoms with E-state index in [4.69, 9.17) is 0 Å². The van der Waals surface area contributed by atoms with Crippen LogP contribution >= 0.6 is 0 Å². The summed E-state index contributed by atoms with van der Waals surface area (Å²) in [5, 5.41) is 13.9. The van der Waals surface area contributed by atoms with E-state index in [9.17, 15) is 9.90 Å². The summed E-state index contributed by atoms with van der Waals surface area (Å²) in [6.45, 7) is 2.20. The van der Waals surface area contributed by atoms with Crippen LogP contribution < -0.4 is 0 Å². The molecule has 2 bridgehead atoms. The number of nitrogens with one attached hydrogen (secondary N) is 1. The second kappa shape index (κ2) is 5.86. The zero-order chi connectivity index (χ0) is 20.1. The number of rotatable bonds is 2. The first kappa shape index (κ1) is 17.7. The Kier molecular flexibility index (Phi) is 3.47. The molecule has 4 aliphatic carbocycles. The highest BCUT2D eigenvalue weighted by atomic mass is 16.3. The summed E-state index contributed by atoms with van der Waals surface area (Å²) < 4.78 is 0. The molecule has 4 heteroatoms. The van der Waals surface area contributed by atoms with E-state index in [0.29, 0.717) is 25.0 Å². The highest BCUT2D eigenvalue weighted by molar-refractivity contribution is 5.86. The molecule has 3 atom stereocenters. The van der Waals surface area contributed by atoms with Crippen LogP contribution in [-0.4, -0.2) is 45.5 Å². The van der Waals surface area contributed by atoms with E-state index in [1.54, 1.807) is 0 Å². The van der Waals surface area contributed by atoms with Gasteiger partial charge in [-0.05, 0) is 56.2 Å². The van der Waals surface area contributed by atoms with E-state index in [-0.39, 0.29) is 11.5 Å². The van der Waals surface area contributed by atoms with Gasteiger partial charge >= 0.3 is 0 Å². The first-order valence-electron chi connectivity index (χ1n) is 11.9. The fourth-order valence-corrected chi connectivity index (χ4v) is 7.52. The number of hydrogen-bond donors (Lipinski definition) is 2. The Labute approximate surface area is 177 Å². The van der Waals surface area contributed by atoms with Gasteiger partial charge < -0.3 is 10.1 Å². The molecule has 4 nitrogen and oxygen atoms in total. The number of likely N-dealkylation sites (tertiary alicyclic amines) is 1. The number of ketones is 1. The molecular formula is C26H30N2O2. The minimum Gasteiger partial charge on any atom is -0.387 e. The second-order valence-electron chi connectivity index (χ2n) is 10.7. The van der Waals surface area contributed by atoms with Gasteiger partial charge in [-0.25, -0.2) is 0 Å². The van der Waals surface area contributed by atoms with Crippen molar-refractivity contribution in [2.45, 2.75) is 69.4 Å². The molecule has 1 saturated heterocycles. The zero-order valence-electron chi connectivity index (χ0n) is 17.5. The lowest BCUT2D eigenvalue weighted by atomic mass is 9.47. The lowest BCUT2D eigenvalue weighted by Gasteiger charge is -2.64. The monoisotopic (exact) mass is 402 g/mol. The predicted octanol–water partition coefficient (Wildman–Crippen LogP) is 3.92. The maximum Gasteiger partial charge on any atom is 0.137 e. The molecule has 7 rings (SSSR count). The second-order valence-corrected chi connectivity index (χ2v) is 10.7. The number of H-pyrrole nitrogens is 1. The van der Waals surface area contributed by atoms with Crippen molar-refractivity contribution in [2.24, 2.45) is 11.3 Å². The number of aromatic amines is 1. The van der Waals surface area contributed by atoms with E-state index in [2.05, 4.69) is 34.1 Å². The van der Waals surface area contributed by atoms with Gasteiger partial charge in [-0.3, -0.25) is 9.69 Å². The first-order chi connectivity index (χ1) is 14.6. The van der Waals surface area contributed by atoms with Gasteiger partial charge in [0.2, 0.25) is 0 Å². The molecule has 1 aliphatic heterocycles. The van der Waals surface area contributed by atoms with E-state index in [0.717, 1.165) is 44.7 Å². The number of fused-ring (bicyclic) bond motifs is 3. The molecule has 1 saturated carbocycles. The molecule has 156 valence electrons. The van der Waals surface area contributed by atoms with E-state index in [1.165, 1.54) is 46.1 Å². The maximum atomic E-state index is 12.6. The Morgan fingerprint density at radius 2 is 2.03 bits per heavy atom. The lowest BCUT2D eigenvalue weighted by molar-refractivity contribution is -0.173. The van der Waals surface area contributed by atoms with E-state index in [1.807, 2.05) is 0 Å². The van der Waals surface area contributed by atoms with Gasteiger partial charge in [-0.1, -0.05) is 29.3 Å². The third-order valence-electron chi connectivity index (χ3n) is 9.19. The summed E-state index contributed by atoms with van der Waals surface area (Å²) in [5.74, 6) is 1.20. The molecule has 0 amide bonds. The van der Waals surface area contributed by atoms with E-state index < -0.39 is 5.60 Å². The van der Waals surface area contributed by atoms with Gasteiger partial charge in [0.15, 0.2) is 0 Å². The van der Waals surface area contributed by atoms with E-state index >= 15 is 0 Å². The number of Topliss-reactive ketones (excluding diaryl/α,β-unsaturated/α-hetero) is 1. The summed E-state index contributed by atoms with van der Waals surface area (Å²) in [6, 6.07) is 8.73. The average Bonchev–Trinajstić information content (AvgIpc) is 3.49. The SMILES string of the molecule is O=C1CCC2=C(C1)[C@@]13CCN(CC4CC4)[C@@H](C2)[C@]1(O)Cc1c([nH]c2ccccc12)C3. The molecule has 0 radical (unpaired) electrons. The minimum atomic E-state index is -0.769. The molecule has 1 aromatic heterocycles. The highest BCUT2D eigenvalue weighted by Gasteiger charge is 2.65. The Morgan fingerprint density at radius 3 is 2.90 bits per heavy atom. The van der Waals surface area contributed by atoms with Crippen molar-refractivity contribution in [3.63, 3.8) is 0 Å². The molecule has 2 aromatic rings. The van der Waals surface area contributed by atoms with Crippen molar-refractivity contribution in [3.05, 3.63) is 46.7 Å². The number of aliphatic hydroxyl groups is 1. The molecular weight excluding hydrogens is 372 g/mol. The van der Waals surface area contributed by atoms with Crippen molar-refractivity contribution in [1.29, 1.82) is 0 Å². The molecule has 2 heterocycles. The maximum absolute atomic E-state index is 12.6.